The van der Waals surface area contributed by atoms with E-state index in [0.717, 1.165) is 10.5 Å². The molecule has 0 amide bonds. The van der Waals surface area contributed by atoms with E-state index in [1.807, 2.05) is 6.26 Å². The molecule has 0 bridgehead atoms. The lowest BCUT2D eigenvalue weighted by Crippen LogP contribution is -2.50. The van der Waals surface area contributed by atoms with Crippen LogP contribution in [0.15, 0.2) is 35.2 Å². The summed E-state index contributed by atoms with van der Waals surface area (Å²) in [4.78, 5) is 24.1. The number of hydrogen-bond donors (Lipinski definition) is 0. The number of ketones is 1. The summed E-state index contributed by atoms with van der Waals surface area (Å²) in [6.07, 6.45) is -4.18. The zero-order valence-corrected chi connectivity index (χ0v) is 18.3. The number of Topliss-reactive ketones (excluding diaryl/α,β-unsaturated/α-hetero) is 1. The van der Waals surface area contributed by atoms with Crippen molar-refractivity contribution in [2.45, 2.75) is 50.6 Å². The van der Waals surface area contributed by atoms with Crippen LogP contribution in [0.4, 0.5) is 13.2 Å². The first-order chi connectivity index (χ1) is 13.8. The Balaban J connectivity index is 2.70. The van der Waals surface area contributed by atoms with Gasteiger partial charge in [0.05, 0.1) is 0 Å². The van der Waals surface area contributed by atoms with E-state index in [1.165, 1.54) is 36.9 Å². The lowest BCUT2D eigenvalue weighted by atomic mass is 9.71. The first-order valence-electron chi connectivity index (χ1n) is 9.27. The molecular formula is C22H24F3NO3S. The van der Waals surface area contributed by atoms with Gasteiger partial charge in [0, 0.05) is 21.8 Å². The van der Waals surface area contributed by atoms with Gasteiger partial charge in [0.15, 0.2) is 11.2 Å². The highest BCUT2D eigenvalue weighted by atomic mass is 32.2. The molecule has 1 unspecified atom stereocenters. The first kappa shape index (κ1) is 23.9. The van der Waals surface area contributed by atoms with Crippen molar-refractivity contribution in [1.82, 2.24) is 0 Å². The normalized spacial score (nSPS) is 13.7. The molecule has 0 heterocycles. The van der Waals surface area contributed by atoms with Crippen LogP contribution in [0.25, 0.3) is 0 Å². The van der Waals surface area contributed by atoms with Crippen LogP contribution in [0, 0.1) is 37.8 Å². The molecule has 0 spiro atoms. The molecule has 0 radical (unpaired) electrons. The molecular weight excluding hydrogens is 415 g/mol. The molecule has 4 nitrogen and oxygen atoms in total. The number of rotatable bonds is 7. The molecule has 1 atom stereocenters. The molecule has 8 heteroatoms. The lowest BCUT2D eigenvalue weighted by molar-refractivity contribution is -0.501. The third kappa shape index (κ3) is 4.53. The summed E-state index contributed by atoms with van der Waals surface area (Å²) < 4.78 is 43.5. The predicted molar refractivity (Wildman–Crippen MR) is 112 cm³/mol. The van der Waals surface area contributed by atoms with Gasteiger partial charge in [0.25, 0.3) is 0 Å². The number of nitro groups is 1. The topological polar surface area (TPSA) is 60.2 Å². The van der Waals surface area contributed by atoms with E-state index in [-0.39, 0.29) is 11.1 Å². The zero-order chi connectivity index (χ0) is 22.9. The van der Waals surface area contributed by atoms with Crippen molar-refractivity contribution in [3.63, 3.8) is 0 Å². The van der Waals surface area contributed by atoms with Gasteiger partial charge < -0.3 is 0 Å². The largest absolute Gasteiger partial charge is 0.405 e. The van der Waals surface area contributed by atoms with Gasteiger partial charge in [-0.15, -0.1) is 11.8 Å². The van der Waals surface area contributed by atoms with Gasteiger partial charge in [-0.3, -0.25) is 14.9 Å². The number of alkyl halides is 3. The van der Waals surface area contributed by atoms with Gasteiger partial charge >= 0.3 is 6.18 Å². The van der Waals surface area contributed by atoms with E-state index < -0.39 is 35.3 Å². The minimum Gasteiger partial charge on any atom is -0.294 e. The molecule has 2 rings (SSSR count). The highest BCUT2D eigenvalue weighted by Gasteiger charge is 2.61. The monoisotopic (exact) mass is 439 g/mol. The molecule has 0 saturated carbocycles. The molecule has 0 aromatic heterocycles. The minimum absolute atomic E-state index is 0.1000. The Morgan fingerprint density at radius 3 is 2.07 bits per heavy atom. The summed E-state index contributed by atoms with van der Waals surface area (Å²) in [5, 5.41) is 11.4. The summed E-state index contributed by atoms with van der Waals surface area (Å²) >= 11 is 1.44. The smallest absolute Gasteiger partial charge is 0.294 e. The Morgan fingerprint density at radius 1 is 1.03 bits per heavy atom. The highest BCUT2D eigenvalue weighted by Crippen LogP contribution is 2.47. The Kier molecular flexibility index (Phi) is 7.01. The van der Waals surface area contributed by atoms with Crippen molar-refractivity contribution < 1.29 is 22.9 Å². The van der Waals surface area contributed by atoms with Crippen molar-refractivity contribution in [3.8, 4) is 0 Å². The molecule has 0 aliphatic heterocycles. The fourth-order valence-electron chi connectivity index (χ4n) is 3.66. The number of carbonyl (C=O) groups excluding carboxylic acids is 1. The summed E-state index contributed by atoms with van der Waals surface area (Å²) in [6.45, 7) is 5.27. The van der Waals surface area contributed by atoms with E-state index in [2.05, 4.69) is 0 Å². The molecule has 30 heavy (non-hydrogen) atoms. The van der Waals surface area contributed by atoms with E-state index >= 15 is 0 Å². The fourth-order valence-corrected chi connectivity index (χ4v) is 4.07. The van der Waals surface area contributed by atoms with E-state index in [1.54, 1.807) is 32.9 Å². The van der Waals surface area contributed by atoms with E-state index in [0.29, 0.717) is 16.7 Å². The van der Waals surface area contributed by atoms with Gasteiger partial charge in [0.1, 0.15) is 0 Å². The highest BCUT2D eigenvalue weighted by molar-refractivity contribution is 7.98. The predicted octanol–water partition coefficient (Wildman–Crippen LogP) is 5.99. The molecule has 0 saturated heterocycles. The maximum absolute atomic E-state index is 14.5. The summed E-state index contributed by atoms with van der Waals surface area (Å²) in [6, 6.07) is 7.55. The third-order valence-corrected chi connectivity index (χ3v) is 6.56. The second-order valence-electron chi connectivity index (χ2n) is 7.52. The van der Waals surface area contributed by atoms with Crippen LogP contribution >= 0.6 is 11.8 Å². The Morgan fingerprint density at radius 2 is 1.60 bits per heavy atom. The van der Waals surface area contributed by atoms with Crippen LogP contribution in [0.5, 0.6) is 0 Å². The number of nitrogens with zero attached hydrogens (tertiary/aromatic N) is 1. The summed E-state index contributed by atoms with van der Waals surface area (Å²) in [5.41, 5.74) is -0.640. The Bertz CT molecular complexity index is 971. The number of halogens is 3. The maximum Gasteiger partial charge on any atom is 0.405 e. The quantitative estimate of drug-likeness (QED) is 0.230. The van der Waals surface area contributed by atoms with Crippen LogP contribution in [0.2, 0.25) is 0 Å². The van der Waals surface area contributed by atoms with Gasteiger partial charge in [0.2, 0.25) is 6.54 Å². The third-order valence-electron chi connectivity index (χ3n) is 5.81. The van der Waals surface area contributed by atoms with Crippen LogP contribution < -0.4 is 0 Å². The number of carbonyl (C=O) groups is 1. The number of benzene rings is 2. The van der Waals surface area contributed by atoms with Crippen LogP contribution in [0.3, 0.4) is 0 Å². The second kappa shape index (κ2) is 8.79. The molecule has 0 N–H and O–H groups in total. The fraction of sp³-hybridized carbons (Fsp3) is 0.409. The van der Waals surface area contributed by atoms with Crippen molar-refractivity contribution in [1.29, 1.82) is 0 Å². The molecule has 2 aromatic carbocycles. The first-order valence-corrected chi connectivity index (χ1v) is 10.5. The zero-order valence-electron chi connectivity index (χ0n) is 17.5. The molecule has 162 valence electrons. The van der Waals surface area contributed by atoms with Gasteiger partial charge in [-0.05, 0) is 73.9 Å². The van der Waals surface area contributed by atoms with Crippen LogP contribution in [0.1, 0.15) is 44.6 Å². The SMILES string of the molecule is CSc1ccc(C(=O)CC(C[N+](=O)[O-])(c2cc(C)c(C)c(C)c2C)C(F)(F)F)cc1. The molecule has 2 aromatic rings. The van der Waals surface area contributed by atoms with Crippen molar-refractivity contribution >= 4 is 17.5 Å². The van der Waals surface area contributed by atoms with Gasteiger partial charge in [-0.1, -0.05) is 18.2 Å². The van der Waals surface area contributed by atoms with Crippen molar-refractivity contribution in [2.24, 2.45) is 0 Å². The van der Waals surface area contributed by atoms with Crippen LogP contribution in [-0.2, 0) is 5.41 Å². The maximum atomic E-state index is 14.5. The van der Waals surface area contributed by atoms with E-state index in [9.17, 15) is 28.1 Å². The summed E-state index contributed by atoms with van der Waals surface area (Å²) in [5.74, 6) is -0.780. The summed E-state index contributed by atoms with van der Waals surface area (Å²) in [7, 11) is 0. The van der Waals surface area contributed by atoms with E-state index in [4.69, 9.17) is 0 Å². The lowest BCUT2D eigenvalue weighted by Gasteiger charge is -2.34. The molecule has 0 aliphatic rings. The minimum atomic E-state index is -4.99. The number of aryl methyl sites for hydroxylation is 1. The Labute approximate surface area is 178 Å². The second-order valence-corrected chi connectivity index (χ2v) is 8.39. The number of hydrogen-bond acceptors (Lipinski definition) is 4. The molecule has 0 aliphatic carbocycles. The number of thioether (sulfide) groups is 1. The van der Waals surface area contributed by atoms with Crippen molar-refractivity contribution in [3.05, 3.63) is 73.8 Å². The average Bonchev–Trinajstić information content (AvgIpc) is 2.67. The van der Waals surface area contributed by atoms with Gasteiger partial charge in [-0.25, -0.2) is 0 Å². The average molecular weight is 439 g/mol. The Hall–Kier alpha value is -2.35. The van der Waals surface area contributed by atoms with Crippen LogP contribution in [-0.4, -0.2) is 29.7 Å². The molecule has 0 fully saturated rings. The van der Waals surface area contributed by atoms with Crippen molar-refractivity contribution in [2.75, 3.05) is 12.8 Å². The van der Waals surface area contributed by atoms with Gasteiger partial charge in [-0.2, -0.15) is 13.2 Å². The standard InChI is InChI=1S/C22H24F3NO3S/c1-13-10-19(16(4)15(3)14(13)2)21(12-26(28)29,22(23,24)25)11-20(27)17-6-8-18(30-5)9-7-17/h6-10H,11-12H2,1-5H3.